The Morgan fingerprint density at radius 1 is 1.18 bits per heavy atom. The lowest BCUT2D eigenvalue weighted by atomic mass is 9.88. The van der Waals surface area contributed by atoms with Crippen molar-refractivity contribution in [3.8, 4) is 5.75 Å². The number of piperazine rings is 1. The van der Waals surface area contributed by atoms with Crippen molar-refractivity contribution in [3.63, 3.8) is 0 Å². The SMILES string of the molecule is COc1c(C)cc(C2(C)CNCCN2)cc1C. The molecule has 2 rings (SSSR count). The van der Waals surface area contributed by atoms with E-state index < -0.39 is 0 Å². The fourth-order valence-corrected chi connectivity index (χ4v) is 2.62. The van der Waals surface area contributed by atoms with E-state index in [1.54, 1.807) is 7.11 Å². The van der Waals surface area contributed by atoms with E-state index in [1.807, 2.05) is 0 Å². The first-order valence-corrected chi connectivity index (χ1v) is 6.18. The maximum absolute atomic E-state index is 5.41. The molecule has 1 aliphatic rings. The molecule has 0 aliphatic carbocycles. The van der Waals surface area contributed by atoms with E-state index in [9.17, 15) is 0 Å². The summed E-state index contributed by atoms with van der Waals surface area (Å²) in [5.41, 5.74) is 3.77. The molecule has 1 fully saturated rings. The van der Waals surface area contributed by atoms with Crippen LogP contribution in [0, 0.1) is 13.8 Å². The smallest absolute Gasteiger partial charge is 0.124 e. The van der Waals surface area contributed by atoms with Gasteiger partial charge in [-0.25, -0.2) is 0 Å². The molecule has 1 atom stereocenters. The lowest BCUT2D eigenvalue weighted by molar-refractivity contribution is 0.302. The number of aryl methyl sites for hydroxylation is 2. The number of nitrogens with one attached hydrogen (secondary N) is 2. The van der Waals surface area contributed by atoms with Gasteiger partial charge >= 0.3 is 0 Å². The maximum atomic E-state index is 5.41. The Hall–Kier alpha value is -1.06. The van der Waals surface area contributed by atoms with E-state index >= 15 is 0 Å². The van der Waals surface area contributed by atoms with Crippen LogP contribution >= 0.6 is 0 Å². The van der Waals surface area contributed by atoms with Crippen LogP contribution in [0.3, 0.4) is 0 Å². The first-order chi connectivity index (χ1) is 8.07. The van der Waals surface area contributed by atoms with Gasteiger partial charge in [0.2, 0.25) is 0 Å². The molecule has 0 amide bonds. The van der Waals surface area contributed by atoms with Gasteiger partial charge in [-0.2, -0.15) is 0 Å². The van der Waals surface area contributed by atoms with E-state index in [2.05, 4.69) is 43.5 Å². The maximum Gasteiger partial charge on any atom is 0.124 e. The Kier molecular flexibility index (Phi) is 3.40. The third-order valence-corrected chi connectivity index (χ3v) is 3.60. The molecule has 0 spiro atoms. The van der Waals surface area contributed by atoms with Crippen molar-refractivity contribution < 1.29 is 4.74 Å². The van der Waals surface area contributed by atoms with Gasteiger partial charge in [0, 0.05) is 19.6 Å². The molecule has 0 saturated carbocycles. The van der Waals surface area contributed by atoms with Gasteiger partial charge in [-0.15, -0.1) is 0 Å². The molecule has 1 aromatic carbocycles. The molecular formula is C14H22N2O. The summed E-state index contributed by atoms with van der Waals surface area (Å²) in [4.78, 5) is 0. The number of methoxy groups -OCH3 is 1. The van der Waals surface area contributed by atoms with Crippen molar-refractivity contribution in [2.24, 2.45) is 0 Å². The molecule has 3 nitrogen and oxygen atoms in total. The summed E-state index contributed by atoms with van der Waals surface area (Å²) in [6.07, 6.45) is 0. The number of hydrogen-bond donors (Lipinski definition) is 2. The van der Waals surface area contributed by atoms with Crippen molar-refractivity contribution in [2.75, 3.05) is 26.7 Å². The van der Waals surface area contributed by atoms with Crippen molar-refractivity contribution in [1.82, 2.24) is 10.6 Å². The van der Waals surface area contributed by atoms with Crippen molar-refractivity contribution in [3.05, 3.63) is 28.8 Å². The van der Waals surface area contributed by atoms with Crippen LogP contribution < -0.4 is 15.4 Å². The summed E-state index contributed by atoms with van der Waals surface area (Å²) in [6.45, 7) is 9.49. The van der Waals surface area contributed by atoms with E-state index in [0.29, 0.717) is 0 Å². The zero-order chi connectivity index (χ0) is 12.5. The normalized spacial score (nSPS) is 24.7. The number of hydrogen-bond acceptors (Lipinski definition) is 3. The van der Waals surface area contributed by atoms with Crippen LogP contribution in [0.15, 0.2) is 12.1 Å². The largest absolute Gasteiger partial charge is 0.496 e. The highest BCUT2D eigenvalue weighted by Crippen LogP contribution is 2.30. The summed E-state index contributed by atoms with van der Waals surface area (Å²) in [5, 5.41) is 7.05. The predicted octanol–water partition coefficient (Wildman–Crippen LogP) is 1.72. The standard InChI is InChI=1S/C14H22N2O/c1-10-7-12(8-11(2)13(10)17-4)14(3)9-15-5-6-16-14/h7-8,15-16H,5-6,9H2,1-4H3. The number of benzene rings is 1. The zero-order valence-electron chi connectivity index (χ0n) is 11.2. The topological polar surface area (TPSA) is 33.3 Å². The average molecular weight is 234 g/mol. The molecule has 1 aliphatic heterocycles. The molecule has 3 heteroatoms. The van der Waals surface area contributed by atoms with Crippen molar-refractivity contribution >= 4 is 0 Å². The minimum atomic E-state index is 0.0278. The van der Waals surface area contributed by atoms with Crippen molar-refractivity contribution in [2.45, 2.75) is 26.3 Å². The molecule has 0 bridgehead atoms. The van der Waals surface area contributed by atoms with Crippen LogP contribution in [-0.4, -0.2) is 26.7 Å². The molecule has 1 aromatic rings. The highest BCUT2D eigenvalue weighted by Gasteiger charge is 2.28. The average Bonchev–Trinajstić information content (AvgIpc) is 2.29. The van der Waals surface area contributed by atoms with E-state index in [4.69, 9.17) is 4.74 Å². The van der Waals surface area contributed by atoms with Gasteiger partial charge in [0.1, 0.15) is 5.75 Å². The molecular weight excluding hydrogens is 212 g/mol. The summed E-state index contributed by atoms with van der Waals surface area (Å²) in [6, 6.07) is 4.46. The summed E-state index contributed by atoms with van der Waals surface area (Å²) in [7, 11) is 1.73. The van der Waals surface area contributed by atoms with E-state index in [0.717, 1.165) is 25.4 Å². The van der Waals surface area contributed by atoms with Crippen LogP contribution in [0.2, 0.25) is 0 Å². The third kappa shape index (κ3) is 2.31. The first kappa shape index (κ1) is 12.4. The summed E-state index contributed by atoms with van der Waals surface area (Å²) >= 11 is 0. The Balaban J connectivity index is 2.39. The van der Waals surface area contributed by atoms with Crippen LogP contribution in [0.4, 0.5) is 0 Å². The number of rotatable bonds is 2. The predicted molar refractivity (Wildman–Crippen MR) is 70.7 cm³/mol. The molecule has 94 valence electrons. The van der Waals surface area contributed by atoms with Gasteiger partial charge in [0.15, 0.2) is 0 Å². The minimum Gasteiger partial charge on any atom is -0.496 e. The van der Waals surface area contributed by atoms with Crippen LogP contribution in [0.25, 0.3) is 0 Å². The molecule has 0 aromatic heterocycles. The molecule has 2 N–H and O–H groups in total. The van der Waals surface area contributed by atoms with Crippen LogP contribution in [0.1, 0.15) is 23.6 Å². The fraction of sp³-hybridized carbons (Fsp3) is 0.571. The lowest BCUT2D eigenvalue weighted by Crippen LogP contribution is -2.55. The Morgan fingerprint density at radius 2 is 1.82 bits per heavy atom. The molecule has 17 heavy (non-hydrogen) atoms. The number of ether oxygens (including phenoxy) is 1. The van der Waals surface area contributed by atoms with Crippen LogP contribution in [-0.2, 0) is 5.54 Å². The highest BCUT2D eigenvalue weighted by molar-refractivity contribution is 5.45. The van der Waals surface area contributed by atoms with Gasteiger partial charge in [-0.1, -0.05) is 12.1 Å². The first-order valence-electron chi connectivity index (χ1n) is 6.18. The van der Waals surface area contributed by atoms with Crippen LogP contribution in [0.5, 0.6) is 5.75 Å². The second-order valence-corrected chi connectivity index (χ2v) is 5.08. The lowest BCUT2D eigenvalue weighted by Gasteiger charge is -2.36. The Bertz CT molecular complexity index is 386. The highest BCUT2D eigenvalue weighted by atomic mass is 16.5. The van der Waals surface area contributed by atoms with Crippen molar-refractivity contribution in [1.29, 1.82) is 0 Å². The molecule has 0 radical (unpaired) electrons. The van der Waals surface area contributed by atoms with Gasteiger partial charge in [0.05, 0.1) is 12.6 Å². The second kappa shape index (κ2) is 4.67. The van der Waals surface area contributed by atoms with Gasteiger partial charge in [-0.3, -0.25) is 0 Å². The van der Waals surface area contributed by atoms with Gasteiger partial charge in [0.25, 0.3) is 0 Å². The molecule has 1 heterocycles. The quantitative estimate of drug-likeness (QED) is 0.817. The fourth-order valence-electron chi connectivity index (χ4n) is 2.62. The molecule has 1 saturated heterocycles. The van der Waals surface area contributed by atoms with E-state index in [-0.39, 0.29) is 5.54 Å². The Morgan fingerprint density at radius 3 is 2.29 bits per heavy atom. The molecule has 1 unspecified atom stereocenters. The van der Waals surface area contributed by atoms with Gasteiger partial charge in [-0.05, 0) is 37.5 Å². The van der Waals surface area contributed by atoms with Gasteiger partial charge < -0.3 is 15.4 Å². The van der Waals surface area contributed by atoms with E-state index in [1.165, 1.54) is 16.7 Å². The monoisotopic (exact) mass is 234 g/mol. The third-order valence-electron chi connectivity index (χ3n) is 3.60. The summed E-state index contributed by atoms with van der Waals surface area (Å²) < 4.78 is 5.41. The second-order valence-electron chi connectivity index (χ2n) is 5.08. The minimum absolute atomic E-state index is 0.0278. The zero-order valence-corrected chi connectivity index (χ0v) is 11.2. The summed E-state index contributed by atoms with van der Waals surface area (Å²) in [5.74, 6) is 1.00. The Labute approximate surface area is 104 Å².